The molecule has 1 N–H and O–H groups in total. The number of aliphatic hydroxyl groups is 1. The van der Waals surface area contributed by atoms with Crippen molar-refractivity contribution < 1.29 is 14.6 Å². The lowest BCUT2D eigenvalue weighted by Gasteiger charge is -2.31. The van der Waals surface area contributed by atoms with Crippen LogP contribution >= 0.6 is 34.8 Å². The van der Waals surface area contributed by atoms with E-state index in [1.807, 2.05) is 60.7 Å². The molecule has 1 fully saturated rings. The summed E-state index contributed by atoms with van der Waals surface area (Å²) in [7, 11) is 0. The summed E-state index contributed by atoms with van der Waals surface area (Å²) in [6.07, 6.45) is -1.18. The summed E-state index contributed by atoms with van der Waals surface area (Å²) >= 11 is 18.6. The maximum Gasteiger partial charge on any atom is 0.410 e. The standard InChI is InChI=1S/C26H25Cl3N2O3/c27-21-9-6-18(7-10-21)13-30(14-20-8-11-22(28)12-23(20)29)24-15-31(16-25(24)32)26(33)34-17-19-4-2-1-3-5-19/h1-12,24-25,32H,13-17H2/t24-,25-/m1/s1. The average molecular weight is 520 g/mol. The predicted molar refractivity (Wildman–Crippen MR) is 135 cm³/mol. The zero-order chi connectivity index (χ0) is 24.1. The van der Waals surface area contributed by atoms with Crippen LogP contribution < -0.4 is 0 Å². The lowest BCUT2D eigenvalue weighted by Crippen LogP contribution is -2.42. The lowest BCUT2D eigenvalue weighted by atomic mass is 10.1. The van der Waals surface area contributed by atoms with Gasteiger partial charge in [-0.1, -0.05) is 83.3 Å². The van der Waals surface area contributed by atoms with Crippen LogP contribution in [0.1, 0.15) is 16.7 Å². The number of ether oxygens (including phenoxy) is 1. The first kappa shape index (κ1) is 24.8. The van der Waals surface area contributed by atoms with Crippen molar-refractivity contribution in [3.63, 3.8) is 0 Å². The Kier molecular flexibility index (Phi) is 8.35. The average Bonchev–Trinajstić information content (AvgIpc) is 3.22. The van der Waals surface area contributed by atoms with Crippen molar-refractivity contribution in [2.75, 3.05) is 13.1 Å². The van der Waals surface area contributed by atoms with E-state index in [0.717, 1.165) is 16.7 Å². The van der Waals surface area contributed by atoms with Crippen LogP contribution in [-0.4, -0.2) is 46.2 Å². The van der Waals surface area contributed by atoms with Gasteiger partial charge in [0.2, 0.25) is 0 Å². The molecule has 8 heteroatoms. The molecule has 3 aromatic carbocycles. The highest BCUT2D eigenvalue weighted by molar-refractivity contribution is 6.35. The minimum absolute atomic E-state index is 0.186. The van der Waals surface area contributed by atoms with Crippen molar-refractivity contribution in [1.29, 1.82) is 0 Å². The molecule has 1 aliphatic heterocycles. The van der Waals surface area contributed by atoms with Crippen LogP contribution in [0.2, 0.25) is 15.1 Å². The molecular formula is C26H25Cl3N2O3. The largest absolute Gasteiger partial charge is 0.445 e. The monoisotopic (exact) mass is 518 g/mol. The van der Waals surface area contributed by atoms with Crippen LogP contribution in [0.25, 0.3) is 0 Å². The summed E-state index contributed by atoms with van der Waals surface area (Å²) in [5, 5.41) is 12.7. The van der Waals surface area contributed by atoms with E-state index in [1.54, 1.807) is 17.0 Å². The molecule has 3 aromatic rings. The molecule has 0 unspecified atom stereocenters. The van der Waals surface area contributed by atoms with Crippen molar-refractivity contribution >= 4 is 40.9 Å². The van der Waals surface area contributed by atoms with E-state index in [2.05, 4.69) is 4.90 Å². The molecule has 1 saturated heterocycles. The number of halogens is 3. The molecule has 0 bridgehead atoms. The van der Waals surface area contributed by atoms with Gasteiger partial charge in [0.1, 0.15) is 6.61 Å². The molecule has 1 amide bonds. The third-order valence-corrected chi connectivity index (χ3v) is 6.72. The molecule has 2 atom stereocenters. The zero-order valence-corrected chi connectivity index (χ0v) is 20.7. The summed E-state index contributed by atoms with van der Waals surface area (Å²) in [5.41, 5.74) is 2.83. The van der Waals surface area contributed by atoms with E-state index in [9.17, 15) is 9.90 Å². The quantitative estimate of drug-likeness (QED) is 0.414. The third kappa shape index (κ3) is 6.44. The number of benzene rings is 3. The number of carbonyl (C=O) groups excluding carboxylic acids is 1. The van der Waals surface area contributed by atoms with E-state index in [0.29, 0.717) is 34.7 Å². The van der Waals surface area contributed by atoms with Crippen LogP contribution in [0, 0.1) is 0 Å². The van der Waals surface area contributed by atoms with Gasteiger partial charge in [-0.3, -0.25) is 4.90 Å². The highest BCUT2D eigenvalue weighted by atomic mass is 35.5. The number of nitrogens with zero attached hydrogens (tertiary/aromatic N) is 2. The molecule has 5 nitrogen and oxygen atoms in total. The van der Waals surface area contributed by atoms with Gasteiger partial charge in [-0.15, -0.1) is 0 Å². The number of hydrogen-bond donors (Lipinski definition) is 1. The van der Waals surface area contributed by atoms with E-state index in [-0.39, 0.29) is 19.2 Å². The minimum Gasteiger partial charge on any atom is -0.445 e. The Hall–Kier alpha value is -2.28. The Morgan fingerprint density at radius 1 is 0.912 bits per heavy atom. The number of aliphatic hydroxyl groups excluding tert-OH is 1. The second-order valence-electron chi connectivity index (χ2n) is 8.35. The molecule has 0 saturated carbocycles. The first-order valence-electron chi connectivity index (χ1n) is 10.9. The van der Waals surface area contributed by atoms with Gasteiger partial charge < -0.3 is 14.7 Å². The van der Waals surface area contributed by atoms with Crippen molar-refractivity contribution in [2.45, 2.75) is 31.8 Å². The van der Waals surface area contributed by atoms with Gasteiger partial charge in [0.25, 0.3) is 0 Å². The molecule has 1 heterocycles. The fourth-order valence-electron chi connectivity index (χ4n) is 4.07. The van der Waals surface area contributed by atoms with Crippen LogP contribution in [-0.2, 0) is 24.4 Å². The molecule has 0 radical (unpaired) electrons. The topological polar surface area (TPSA) is 53.0 Å². The fourth-order valence-corrected chi connectivity index (χ4v) is 4.67. The number of rotatable bonds is 7. The van der Waals surface area contributed by atoms with E-state index < -0.39 is 12.2 Å². The van der Waals surface area contributed by atoms with Gasteiger partial charge >= 0.3 is 6.09 Å². The summed E-state index contributed by atoms with van der Waals surface area (Å²) < 4.78 is 5.48. The third-order valence-electron chi connectivity index (χ3n) is 5.88. The Bertz CT molecular complexity index is 1110. The molecule has 0 spiro atoms. The van der Waals surface area contributed by atoms with Crippen molar-refractivity contribution in [2.24, 2.45) is 0 Å². The Morgan fingerprint density at radius 3 is 2.32 bits per heavy atom. The first-order valence-corrected chi connectivity index (χ1v) is 12.1. The molecular weight excluding hydrogens is 495 g/mol. The zero-order valence-electron chi connectivity index (χ0n) is 18.4. The van der Waals surface area contributed by atoms with Crippen LogP contribution in [0.3, 0.4) is 0 Å². The van der Waals surface area contributed by atoms with Gasteiger partial charge in [0.15, 0.2) is 0 Å². The van der Waals surface area contributed by atoms with Crippen molar-refractivity contribution in [1.82, 2.24) is 9.80 Å². The SMILES string of the molecule is O=C(OCc1ccccc1)N1C[C@@H](O)[C@H](N(Cc2ccc(Cl)cc2)Cc2ccc(Cl)cc2Cl)C1. The summed E-state index contributed by atoms with van der Waals surface area (Å²) in [6.45, 7) is 1.75. The highest BCUT2D eigenvalue weighted by Crippen LogP contribution is 2.27. The highest BCUT2D eigenvalue weighted by Gasteiger charge is 2.38. The lowest BCUT2D eigenvalue weighted by molar-refractivity contribution is 0.0728. The van der Waals surface area contributed by atoms with Crippen molar-refractivity contribution in [3.8, 4) is 0 Å². The smallest absolute Gasteiger partial charge is 0.410 e. The van der Waals surface area contributed by atoms with Gasteiger partial charge in [0.05, 0.1) is 18.7 Å². The summed E-state index contributed by atoms with van der Waals surface area (Å²) in [5.74, 6) is 0. The molecule has 1 aliphatic rings. The second kappa shape index (κ2) is 11.4. The summed E-state index contributed by atoms with van der Waals surface area (Å²) in [6, 6.07) is 22.2. The maximum atomic E-state index is 12.7. The molecule has 0 aliphatic carbocycles. The number of carbonyl (C=O) groups is 1. The summed E-state index contributed by atoms with van der Waals surface area (Å²) in [4.78, 5) is 16.4. The predicted octanol–water partition coefficient (Wildman–Crippen LogP) is 6.03. The van der Waals surface area contributed by atoms with Crippen LogP contribution in [0.5, 0.6) is 0 Å². The second-order valence-corrected chi connectivity index (χ2v) is 9.63. The van der Waals surface area contributed by atoms with Gasteiger partial charge in [-0.05, 0) is 41.0 Å². The number of hydrogen-bond acceptors (Lipinski definition) is 4. The van der Waals surface area contributed by atoms with E-state index in [1.165, 1.54) is 0 Å². The normalized spacial score (nSPS) is 17.9. The first-order chi connectivity index (χ1) is 16.4. The van der Waals surface area contributed by atoms with Gasteiger partial charge in [-0.25, -0.2) is 4.79 Å². The number of β-amino-alcohol motifs (C(OH)–C–C–N with tert-alkyl or cyclic N) is 1. The number of likely N-dealkylation sites (tertiary alicyclic amines) is 1. The van der Waals surface area contributed by atoms with E-state index in [4.69, 9.17) is 39.5 Å². The Morgan fingerprint density at radius 2 is 1.62 bits per heavy atom. The molecule has 178 valence electrons. The molecule has 34 heavy (non-hydrogen) atoms. The van der Waals surface area contributed by atoms with Gasteiger partial charge in [0, 0.05) is 34.7 Å². The van der Waals surface area contributed by atoms with Crippen LogP contribution in [0.4, 0.5) is 4.79 Å². The minimum atomic E-state index is -0.734. The van der Waals surface area contributed by atoms with E-state index >= 15 is 0 Å². The Labute approximate surface area is 214 Å². The molecule has 4 rings (SSSR count). The number of amides is 1. The van der Waals surface area contributed by atoms with Crippen molar-refractivity contribution in [3.05, 3.63) is 105 Å². The molecule has 0 aromatic heterocycles. The maximum absolute atomic E-state index is 12.7. The Balaban J connectivity index is 1.48. The van der Waals surface area contributed by atoms with Gasteiger partial charge in [-0.2, -0.15) is 0 Å². The van der Waals surface area contributed by atoms with Crippen LogP contribution in [0.15, 0.2) is 72.8 Å². The fraction of sp³-hybridized carbons (Fsp3) is 0.269.